The molecule has 3 aromatic rings. The Balaban J connectivity index is 0.00000243. The fraction of sp³-hybridized carbons (Fsp3) is 0.158. The molecule has 2 aromatic carbocycles. The van der Waals surface area contributed by atoms with Crippen LogP contribution in [0.4, 0.5) is 0 Å². The quantitative estimate of drug-likeness (QED) is 0.687. The van der Waals surface area contributed by atoms with Gasteiger partial charge in [0.2, 0.25) is 0 Å². The van der Waals surface area contributed by atoms with Crippen molar-refractivity contribution in [1.82, 2.24) is 9.88 Å². The standard InChI is InChI=1S/C19H17ClN2O3.Na/c1-3-21-18(24)15-17(23)14-13(22(2)19(15)25)10-9-12(16(14)20)11-7-5-4-6-8-11;/h4-10,23H,3H2,1-2H3,(H,21,24);. The topological polar surface area (TPSA) is 71.3 Å². The Morgan fingerprint density at radius 2 is 1.85 bits per heavy atom. The number of carbonyl (C=O) groups is 1. The Morgan fingerprint density at radius 3 is 2.46 bits per heavy atom. The number of aromatic hydroxyl groups is 1. The first-order valence-electron chi connectivity index (χ1n) is 7.85. The van der Waals surface area contributed by atoms with E-state index < -0.39 is 17.2 Å². The maximum absolute atomic E-state index is 12.5. The number of aryl methyl sites for hydroxylation is 1. The Bertz CT molecular complexity index is 1030. The zero-order valence-corrected chi connectivity index (χ0v) is 17.6. The number of rotatable bonds is 3. The van der Waals surface area contributed by atoms with Crippen molar-refractivity contribution in [2.24, 2.45) is 7.05 Å². The van der Waals surface area contributed by atoms with Gasteiger partial charge in [-0.25, -0.2) is 0 Å². The van der Waals surface area contributed by atoms with E-state index in [2.05, 4.69) is 5.32 Å². The molecule has 0 atom stereocenters. The summed E-state index contributed by atoms with van der Waals surface area (Å²) in [5, 5.41) is 13.8. The SMILES string of the molecule is CCNC(=O)c1c(O)c2c(Cl)c(-c3ccccc3)ccc2n(C)c1=O.[Na]. The van der Waals surface area contributed by atoms with E-state index in [9.17, 15) is 14.7 Å². The van der Waals surface area contributed by atoms with Gasteiger partial charge in [0, 0.05) is 48.7 Å². The number of carbonyl (C=O) groups excluding carboxylic acids is 1. The van der Waals surface area contributed by atoms with Crippen LogP contribution < -0.4 is 10.9 Å². The smallest absolute Gasteiger partial charge is 0.267 e. The van der Waals surface area contributed by atoms with E-state index in [-0.39, 0.29) is 40.5 Å². The molecule has 1 radical (unpaired) electrons. The molecule has 1 amide bonds. The van der Waals surface area contributed by atoms with Crippen LogP contribution in [-0.2, 0) is 7.05 Å². The van der Waals surface area contributed by atoms with Crippen molar-refractivity contribution in [3.05, 3.63) is 63.4 Å². The van der Waals surface area contributed by atoms with Gasteiger partial charge in [-0.15, -0.1) is 0 Å². The zero-order valence-electron chi connectivity index (χ0n) is 14.8. The molecule has 129 valence electrons. The molecule has 0 aliphatic carbocycles. The Hall–Kier alpha value is -1.79. The van der Waals surface area contributed by atoms with E-state index in [0.29, 0.717) is 22.6 Å². The fourth-order valence-electron chi connectivity index (χ4n) is 2.87. The predicted octanol–water partition coefficient (Wildman–Crippen LogP) is 2.93. The van der Waals surface area contributed by atoms with Crippen molar-refractivity contribution < 1.29 is 9.90 Å². The molecule has 0 saturated carbocycles. The molecular formula is C19H17ClN2NaO3. The molecule has 3 rings (SSSR count). The molecular weight excluding hydrogens is 363 g/mol. The van der Waals surface area contributed by atoms with E-state index in [1.165, 1.54) is 4.57 Å². The molecule has 5 nitrogen and oxygen atoms in total. The van der Waals surface area contributed by atoms with Crippen molar-refractivity contribution in [2.45, 2.75) is 6.92 Å². The molecule has 26 heavy (non-hydrogen) atoms. The van der Waals surface area contributed by atoms with Crippen molar-refractivity contribution in [3.63, 3.8) is 0 Å². The van der Waals surface area contributed by atoms with Crippen LogP contribution in [0.25, 0.3) is 22.0 Å². The van der Waals surface area contributed by atoms with E-state index in [4.69, 9.17) is 11.6 Å². The number of amides is 1. The van der Waals surface area contributed by atoms with Crippen LogP contribution in [0.3, 0.4) is 0 Å². The first-order chi connectivity index (χ1) is 12.0. The third kappa shape index (κ3) is 3.40. The Labute approximate surface area is 177 Å². The Kier molecular flexibility index (Phi) is 6.53. The van der Waals surface area contributed by atoms with E-state index in [0.717, 1.165) is 5.56 Å². The van der Waals surface area contributed by atoms with Gasteiger partial charge < -0.3 is 15.0 Å². The van der Waals surface area contributed by atoms with Gasteiger partial charge in [0.05, 0.1) is 15.9 Å². The van der Waals surface area contributed by atoms with Crippen LogP contribution in [-0.4, -0.2) is 51.7 Å². The molecule has 1 heterocycles. The van der Waals surface area contributed by atoms with Gasteiger partial charge >= 0.3 is 0 Å². The number of nitrogens with one attached hydrogen (secondary N) is 1. The van der Waals surface area contributed by atoms with Gasteiger partial charge in [-0.1, -0.05) is 48.0 Å². The normalized spacial score (nSPS) is 10.4. The second-order valence-electron chi connectivity index (χ2n) is 5.63. The molecule has 0 saturated heterocycles. The first kappa shape index (κ1) is 20.5. The van der Waals surface area contributed by atoms with E-state index in [1.807, 2.05) is 30.3 Å². The largest absolute Gasteiger partial charge is 0.506 e. The molecule has 0 fully saturated rings. The summed E-state index contributed by atoms with van der Waals surface area (Å²) in [5.41, 5.74) is 1.18. The third-order valence-electron chi connectivity index (χ3n) is 4.12. The van der Waals surface area contributed by atoms with E-state index >= 15 is 0 Å². The summed E-state index contributed by atoms with van der Waals surface area (Å²) in [6.45, 7) is 2.08. The van der Waals surface area contributed by atoms with Crippen molar-refractivity contribution in [3.8, 4) is 16.9 Å². The monoisotopic (exact) mass is 379 g/mol. The minimum Gasteiger partial charge on any atom is -0.506 e. The summed E-state index contributed by atoms with van der Waals surface area (Å²) in [4.78, 5) is 24.7. The number of halogens is 1. The molecule has 0 unspecified atom stereocenters. The average molecular weight is 380 g/mol. The third-order valence-corrected chi connectivity index (χ3v) is 4.52. The molecule has 1 aromatic heterocycles. The molecule has 2 N–H and O–H groups in total. The first-order valence-corrected chi connectivity index (χ1v) is 8.23. The van der Waals surface area contributed by atoms with Gasteiger partial charge in [-0.3, -0.25) is 9.59 Å². The number of aromatic nitrogens is 1. The van der Waals surface area contributed by atoms with Gasteiger partial charge in [-0.2, -0.15) is 0 Å². The maximum atomic E-state index is 12.5. The fourth-order valence-corrected chi connectivity index (χ4v) is 3.23. The number of pyridine rings is 1. The summed E-state index contributed by atoms with van der Waals surface area (Å²) in [6, 6.07) is 13.0. The minimum absolute atomic E-state index is 0. The van der Waals surface area contributed by atoms with Crippen LogP contribution in [0, 0.1) is 0 Å². The van der Waals surface area contributed by atoms with Gasteiger partial charge in [0.15, 0.2) is 0 Å². The van der Waals surface area contributed by atoms with Gasteiger partial charge in [0.25, 0.3) is 11.5 Å². The van der Waals surface area contributed by atoms with Crippen LogP contribution in [0.2, 0.25) is 5.02 Å². The Morgan fingerprint density at radius 1 is 1.19 bits per heavy atom. The maximum Gasteiger partial charge on any atom is 0.267 e. The number of hydrogen-bond donors (Lipinski definition) is 2. The van der Waals surface area contributed by atoms with Crippen LogP contribution in [0.5, 0.6) is 5.75 Å². The van der Waals surface area contributed by atoms with Crippen molar-refractivity contribution >= 4 is 58.0 Å². The molecule has 0 aliphatic heterocycles. The van der Waals surface area contributed by atoms with Gasteiger partial charge in [-0.05, 0) is 18.6 Å². The van der Waals surface area contributed by atoms with Crippen molar-refractivity contribution in [1.29, 1.82) is 0 Å². The molecule has 0 aliphatic rings. The summed E-state index contributed by atoms with van der Waals surface area (Å²) in [6.07, 6.45) is 0. The minimum atomic E-state index is -0.622. The summed E-state index contributed by atoms with van der Waals surface area (Å²) in [5.74, 6) is -1.02. The van der Waals surface area contributed by atoms with Crippen LogP contribution in [0.1, 0.15) is 17.3 Å². The molecule has 0 spiro atoms. The summed E-state index contributed by atoms with van der Waals surface area (Å²) in [7, 11) is 1.55. The molecule has 7 heteroatoms. The van der Waals surface area contributed by atoms with E-state index in [1.54, 1.807) is 26.1 Å². The number of nitrogens with zero attached hydrogens (tertiary/aromatic N) is 1. The summed E-state index contributed by atoms with van der Waals surface area (Å²) < 4.78 is 1.32. The molecule has 0 bridgehead atoms. The second kappa shape index (κ2) is 8.27. The number of fused-ring (bicyclic) bond motifs is 1. The predicted molar refractivity (Wildman–Crippen MR) is 105 cm³/mol. The zero-order chi connectivity index (χ0) is 18.1. The van der Waals surface area contributed by atoms with Crippen LogP contribution in [0.15, 0.2) is 47.3 Å². The van der Waals surface area contributed by atoms with Crippen molar-refractivity contribution in [2.75, 3.05) is 6.54 Å². The van der Waals surface area contributed by atoms with Gasteiger partial charge in [0.1, 0.15) is 11.3 Å². The summed E-state index contributed by atoms with van der Waals surface area (Å²) >= 11 is 6.55. The average Bonchev–Trinajstić information content (AvgIpc) is 2.60. The number of hydrogen-bond acceptors (Lipinski definition) is 3. The number of benzene rings is 2. The van der Waals surface area contributed by atoms with Crippen LogP contribution >= 0.6 is 11.6 Å². The second-order valence-corrected chi connectivity index (χ2v) is 6.01.